The van der Waals surface area contributed by atoms with Crippen LogP contribution in [0, 0.1) is 17.5 Å². The van der Waals surface area contributed by atoms with Crippen LogP contribution in [0.3, 0.4) is 0 Å². The molecular weight excluding hydrogens is 269 g/mol. The average Bonchev–Trinajstić information content (AvgIpc) is 2.59. The summed E-state index contributed by atoms with van der Waals surface area (Å²) in [4.78, 5) is 0. The van der Waals surface area contributed by atoms with E-state index in [1.54, 1.807) is 0 Å². The van der Waals surface area contributed by atoms with E-state index in [4.69, 9.17) is 0 Å². The van der Waals surface area contributed by atoms with Crippen molar-refractivity contribution in [3.8, 4) is 0 Å². The van der Waals surface area contributed by atoms with Gasteiger partial charge in [0.2, 0.25) is 0 Å². The Morgan fingerprint density at radius 2 is 1.54 bits per heavy atom. The van der Waals surface area contributed by atoms with Gasteiger partial charge >= 0.3 is 0 Å². The molecule has 2 nitrogen and oxygen atoms in total. The number of hydrogen-bond acceptors (Lipinski definition) is 3. The lowest BCUT2D eigenvalue weighted by atomic mass is 10.3. The van der Waals surface area contributed by atoms with E-state index in [-0.39, 0.29) is 15.5 Å². The topological polar surface area (TPSA) is 25.8 Å². The van der Waals surface area contributed by atoms with Gasteiger partial charge in [-0.2, -0.15) is 8.75 Å². The Bertz CT molecular complexity index is 442. The normalized spacial score (nSPS) is 11.1. The molecule has 2 aromatic rings. The molecule has 0 saturated heterocycles. The van der Waals surface area contributed by atoms with E-state index in [0.29, 0.717) is 11.7 Å². The van der Waals surface area contributed by atoms with E-state index < -0.39 is 17.5 Å². The molecule has 1 aromatic carbocycles. The van der Waals surface area contributed by atoms with Crippen molar-refractivity contribution in [1.82, 2.24) is 8.75 Å². The molecule has 0 bridgehead atoms. The zero-order chi connectivity index (χ0) is 9.59. The summed E-state index contributed by atoms with van der Waals surface area (Å²) >= 11 is 3.46. The number of aromatic nitrogens is 2. The van der Waals surface area contributed by atoms with E-state index in [2.05, 4.69) is 24.7 Å². The maximum Gasteiger partial charge on any atom is 0.198 e. The predicted molar refractivity (Wildman–Crippen MR) is 45.0 cm³/mol. The van der Waals surface area contributed by atoms with Gasteiger partial charge in [-0.05, 0) is 15.9 Å². The van der Waals surface area contributed by atoms with Crippen LogP contribution in [-0.2, 0) is 0 Å². The molecule has 13 heavy (non-hydrogen) atoms. The zero-order valence-electron chi connectivity index (χ0n) is 5.81. The largest absolute Gasteiger partial charge is 0.202 e. The van der Waals surface area contributed by atoms with Crippen LogP contribution in [0.15, 0.2) is 4.47 Å². The van der Waals surface area contributed by atoms with Crippen LogP contribution < -0.4 is 0 Å². The third kappa shape index (κ3) is 1.14. The number of hydrogen-bond donors (Lipinski definition) is 0. The van der Waals surface area contributed by atoms with Crippen molar-refractivity contribution in [3.05, 3.63) is 21.9 Å². The van der Waals surface area contributed by atoms with Gasteiger partial charge in [0.15, 0.2) is 17.5 Å². The minimum Gasteiger partial charge on any atom is -0.202 e. The number of benzene rings is 1. The zero-order valence-corrected chi connectivity index (χ0v) is 8.22. The Labute approximate surface area is 82.8 Å². The van der Waals surface area contributed by atoms with Gasteiger partial charge in [-0.3, -0.25) is 0 Å². The third-order valence-corrected chi connectivity index (χ3v) is 2.73. The van der Waals surface area contributed by atoms with Crippen LogP contribution in [0.4, 0.5) is 13.2 Å². The van der Waals surface area contributed by atoms with Gasteiger partial charge in [-0.15, -0.1) is 0 Å². The molecule has 0 N–H and O–H groups in total. The van der Waals surface area contributed by atoms with E-state index in [1.807, 2.05) is 0 Å². The number of halogens is 4. The van der Waals surface area contributed by atoms with Crippen LogP contribution in [0.2, 0.25) is 0 Å². The van der Waals surface area contributed by atoms with Crippen molar-refractivity contribution in [2.75, 3.05) is 0 Å². The van der Waals surface area contributed by atoms with Crippen molar-refractivity contribution in [2.45, 2.75) is 0 Å². The second kappa shape index (κ2) is 2.91. The molecule has 2 rings (SSSR count). The third-order valence-electron chi connectivity index (χ3n) is 1.48. The summed E-state index contributed by atoms with van der Waals surface area (Å²) in [6, 6.07) is 0. The highest BCUT2D eigenvalue weighted by Crippen LogP contribution is 2.29. The van der Waals surface area contributed by atoms with Crippen LogP contribution >= 0.6 is 27.7 Å². The standard InChI is InChI=1S/C6BrF3N2S/c7-1-2(8)3(9)4(10)6-5(1)11-13-12-6. The van der Waals surface area contributed by atoms with Gasteiger partial charge in [0, 0.05) is 0 Å². The van der Waals surface area contributed by atoms with Gasteiger partial charge in [0.25, 0.3) is 0 Å². The van der Waals surface area contributed by atoms with E-state index in [1.165, 1.54) is 0 Å². The van der Waals surface area contributed by atoms with Crippen molar-refractivity contribution >= 4 is 38.7 Å². The summed E-state index contributed by atoms with van der Waals surface area (Å²) in [5, 5.41) is 0. The van der Waals surface area contributed by atoms with E-state index in [0.717, 1.165) is 0 Å². The van der Waals surface area contributed by atoms with Crippen molar-refractivity contribution < 1.29 is 13.2 Å². The fourth-order valence-corrected chi connectivity index (χ4v) is 1.99. The first-order valence-electron chi connectivity index (χ1n) is 3.07. The summed E-state index contributed by atoms with van der Waals surface area (Å²) in [5.74, 6) is -4.12. The molecule has 0 fully saturated rings. The van der Waals surface area contributed by atoms with Crippen molar-refractivity contribution in [1.29, 1.82) is 0 Å². The SMILES string of the molecule is Fc1c(F)c(Br)c2nsnc2c1F. The molecule has 0 saturated carbocycles. The molecule has 0 amide bonds. The molecule has 0 atom stereocenters. The lowest BCUT2D eigenvalue weighted by molar-refractivity contribution is 0.450. The maximum atomic E-state index is 12.9. The maximum absolute atomic E-state index is 12.9. The molecule has 7 heteroatoms. The number of rotatable bonds is 0. The molecular formula is C6BrF3N2S. The van der Waals surface area contributed by atoms with Crippen LogP contribution in [0.25, 0.3) is 11.0 Å². The Kier molecular flexibility index (Phi) is 1.99. The second-order valence-electron chi connectivity index (χ2n) is 2.22. The molecule has 68 valence electrons. The molecule has 0 unspecified atom stereocenters. The van der Waals surface area contributed by atoms with Crippen molar-refractivity contribution in [3.63, 3.8) is 0 Å². The molecule has 0 radical (unpaired) electrons. The minimum atomic E-state index is -1.54. The fraction of sp³-hybridized carbons (Fsp3) is 0. The van der Waals surface area contributed by atoms with Gasteiger partial charge in [0.1, 0.15) is 11.0 Å². The first kappa shape index (κ1) is 8.89. The predicted octanol–water partition coefficient (Wildman–Crippen LogP) is 2.87. The number of fused-ring (bicyclic) bond motifs is 1. The van der Waals surface area contributed by atoms with Crippen LogP contribution in [0.1, 0.15) is 0 Å². The smallest absolute Gasteiger partial charge is 0.198 e. The lowest BCUT2D eigenvalue weighted by Crippen LogP contribution is -1.93. The average molecular weight is 269 g/mol. The Hall–Kier alpha value is -0.690. The monoisotopic (exact) mass is 268 g/mol. The quantitative estimate of drug-likeness (QED) is 0.543. The highest BCUT2D eigenvalue weighted by Gasteiger charge is 2.21. The second-order valence-corrected chi connectivity index (χ2v) is 3.54. The molecule has 0 aliphatic rings. The van der Waals surface area contributed by atoms with E-state index >= 15 is 0 Å². The molecule has 1 aromatic heterocycles. The molecule has 0 aliphatic heterocycles. The molecule has 1 heterocycles. The Morgan fingerprint density at radius 3 is 2.23 bits per heavy atom. The highest BCUT2D eigenvalue weighted by molar-refractivity contribution is 9.10. The summed E-state index contributed by atoms with van der Waals surface area (Å²) in [6.45, 7) is 0. The Balaban J connectivity index is 3.02. The Morgan fingerprint density at radius 1 is 0.923 bits per heavy atom. The first-order chi connectivity index (χ1) is 6.13. The van der Waals surface area contributed by atoms with E-state index in [9.17, 15) is 13.2 Å². The van der Waals surface area contributed by atoms with Crippen molar-refractivity contribution in [2.24, 2.45) is 0 Å². The van der Waals surface area contributed by atoms with Gasteiger partial charge in [-0.1, -0.05) is 0 Å². The van der Waals surface area contributed by atoms with Gasteiger partial charge < -0.3 is 0 Å². The summed E-state index contributed by atoms with van der Waals surface area (Å²) in [6.07, 6.45) is 0. The summed E-state index contributed by atoms with van der Waals surface area (Å²) in [7, 11) is 0. The molecule has 0 aliphatic carbocycles. The summed E-state index contributed by atoms with van der Waals surface area (Å²) in [5.41, 5.74) is -0.253. The first-order valence-corrected chi connectivity index (χ1v) is 4.59. The fourth-order valence-electron chi connectivity index (χ4n) is 0.877. The lowest BCUT2D eigenvalue weighted by Gasteiger charge is -1.97. The van der Waals surface area contributed by atoms with Crippen LogP contribution in [0.5, 0.6) is 0 Å². The summed E-state index contributed by atoms with van der Waals surface area (Å²) < 4.78 is 45.5. The highest BCUT2D eigenvalue weighted by atomic mass is 79.9. The van der Waals surface area contributed by atoms with Gasteiger partial charge in [0.05, 0.1) is 16.2 Å². The van der Waals surface area contributed by atoms with Crippen LogP contribution in [-0.4, -0.2) is 8.75 Å². The number of nitrogens with zero attached hydrogens (tertiary/aromatic N) is 2. The molecule has 0 spiro atoms. The minimum absolute atomic E-state index is 0.00130. The van der Waals surface area contributed by atoms with Gasteiger partial charge in [-0.25, -0.2) is 13.2 Å².